The van der Waals surface area contributed by atoms with Crippen molar-refractivity contribution >= 4 is 21.1 Å². The molecule has 1 heteroatoms. The Bertz CT molecular complexity index is 61.7. The van der Waals surface area contributed by atoms with Crippen LogP contribution in [0.5, 0.6) is 0 Å². The number of hydrogen-bond acceptors (Lipinski definition) is 0. The minimum atomic E-state index is -0.308. The Labute approximate surface area is 41.8 Å². The molecule has 0 unspecified atom stereocenters. The first-order valence-corrected chi connectivity index (χ1v) is 6.48. The topological polar surface area (TPSA) is 0 Å². The Morgan fingerprint density at radius 2 is 1.60 bits per heavy atom. The van der Waals surface area contributed by atoms with Gasteiger partial charge in [-0.15, -0.1) is 0 Å². The number of allylic oxidation sites excluding steroid dienone is 2. The van der Waals surface area contributed by atoms with Gasteiger partial charge in [0.2, 0.25) is 0 Å². The number of hydrogen-bond donors (Lipinski definition) is 0. The van der Waals surface area contributed by atoms with Crippen molar-refractivity contribution < 1.29 is 0 Å². The molecule has 0 N–H and O–H groups in total. The van der Waals surface area contributed by atoms with Crippen LogP contribution in [-0.2, 0) is 0 Å². The fourth-order valence-corrected chi connectivity index (χ4v) is 2.64. The normalized spacial score (nSPS) is 17.6. The quantitative estimate of drug-likeness (QED) is 0.458. The first-order valence-electron chi connectivity index (χ1n) is 1.82. The molecule has 0 radical (unpaired) electrons. The van der Waals surface area contributed by atoms with Gasteiger partial charge in [-0.1, -0.05) is 0 Å². The van der Waals surface area contributed by atoms with Crippen LogP contribution in [0.1, 0.15) is 0 Å². The molecule has 5 heavy (non-hydrogen) atoms. The van der Waals surface area contributed by atoms with Crippen LogP contribution in [0.25, 0.3) is 0 Å². The summed E-state index contributed by atoms with van der Waals surface area (Å²) in [5, 5.41) is 0. The van der Waals surface area contributed by atoms with E-state index in [9.17, 15) is 0 Å². The monoisotopic (exact) mass is 174 g/mol. The van der Waals surface area contributed by atoms with E-state index in [1.807, 2.05) is 0 Å². The zero-order chi connectivity index (χ0) is 3.54. The molecule has 1 rings (SSSR count). The zero-order valence-corrected chi connectivity index (χ0v) is 7.05. The summed E-state index contributed by atoms with van der Waals surface area (Å²) in [6.45, 7) is 0. The molecule has 0 bridgehead atoms. The van der Waals surface area contributed by atoms with Crippen molar-refractivity contribution in [3.63, 3.8) is 0 Å². The molecule has 0 aromatic rings. The SMILES string of the molecule is C1=[CH][SnH2][CH]=C1. The molecule has 1 aliphatic heterocycles. The standard InChI is InChI=1S/C4H4.Sn.2H/c1-3-4-2;;;/h1-4H;;;. The fourth-order valence-electron chi connectivity index (χ4n) is 0.393. The van der Waals surface area contributed by atoms with E-state index in [0.717, 1.165) is 0 Å². The molecule has 0 saturated heterocycles. The molecular weight excluding hydrogens is 167 g/mol. The Morgan fingerprint density at radius 1 is 1.00 bits per heavy atom. The first kappa shape index (κ1) is 3.47. The molecule has 0 atom stereocenters. The van der Waals surface area contributed by atoms with Gasteiger partial charge in [-0.25, -0.2) is 0 Å². The van der Waals surface area contributed by atoms with Gasteiger partial charge in [0.05, 0.1) is 0 Å². The van der Waals surface area contributed by atoms with Gasteiger partial charge in [0, 0.05) is 0 Å². The summed E-state index contributed by atoms with van der Waals surface area (Å²) in [7, 11) is 0. The van der Waals surface area contributed by atoms with Crippen molar-refractivity contribution in [1.82, 2.24) is 0 Å². The van der Waals surface area contributed by atoms with E-state index in [1.54, 1.807) is 0 Å². The van der Waals surface area contributed by atoms with Crippen molar-refractivity contribution in [2.24, 2.45) is 0 Å². The molecular formula is C4H6Sn. The van der Waals surface area contributed by atoms with E-state index in [-0.39, 0.29) is 21.1 Å². The van der Waals surface area contributed by atoms with E-state index in [0.29, 0.717) is 0 Å². The predicted molar refractivity (Wildman–Crippen MR) is 26.8 cm³/mol. The van der Waals surface area contributed by atoms with Crippen molar-refractivity contribution in [2.45, 2.75) is 0 Å². The molecule has 0 spiro atoms. The molecule has 0 saturated carbocycles. The molecule has 1 aliphatic rings. The van der Waals surface area contributed by atoms with E-state index < -0.39 is 0 Å². The van der Waals surface area contributed by atoms with Gasteiger partial charge in [0.15, 0.2) is 0 Å². The van der Waals surface area contributed by atoms with Crippen molar-refractivity contribution in [1.29, 1.82) is 0 Å². The molecule has 0 nitrogen and oxygen atoms in total. The van der Waals surface area contributed by atoms with Crippen LogP contribution in [0.3, 0.4) is 0 Å². The van der Waals surface area contributed by atoms with Crippen molar-refractivity contribution in [2.75, 3.05) is 0 Å². The number of rotatable bonds is 0. The van der Waals surface area contributed by atoms with E-state index in [2.05, 4.69) is 20.3 Å². The second-order valence-electron chi connectivity index (χ2n) is 1.09. The van der Waals surface area contributed by atoms with Gasteiger partial charge in [0.25, 0.3) is 0 Å². The summed E-state index contributed by atoms with van der Waals surface area (Å²) in [4.78, 5) is 0. The summed E-state index contributed by atoms with van der Waals surface area (Å²) in [5.41, 5.74) is 0. The molecule has 26 valence electrons. The zero-order valence-electron chi connectivity index (χ0n) is 3.02. The average molecular weight is 173 g/mol. The van der Waals surface area contributed by atoms with Gasteiger partial charge in [0.1, 0.15) is 0 Å². The van der Waals surface area contributed by atoms with Gasteiger partial charge in [-0.05, 0) is 0 Å². The summed E-state index contributed by atoms with van der Waals surface area (Å²) in [6, 6.07) is 0. The maximum absolute atomic E-state index is 2.34. The van der Waals surface area contributed by atoms with Crippen LogP contribution in [0.15, 0.2) is 20.3 Å². The van der Waals surface area contributed by atoms with E-state index in [1.165, 1.54) is 0 Å². The minimum absolute atomic E-state index is 0.308. The van der Waals surface area contributed by atoms with Gasteiger partial charge < -0.3 is 0 Å². The molecule has 0 amide bonds. The Kier molecular flexibility index (Phi) is 1.14. The molecule has 0 aromatic carbocycles. The molecule has 0 aliphatic carbocycles. The van der Waals surface area contributed by atoms with Gasteiger partial charge >= 0.3 is 41.5 Å². The third-order valence-electron chi connectivity index (χ3n) is 0.655. The second-order valence-corrected chi connectivity index (χ2v) is 5.13. The average Bonchev–Trinajstić information content (AvgIpc) is 1.76. The van der Waals surface area contributed by atoms with Crippen LogP contribution < -0.4 is 0 Å². The maximum atomic E-state index is 2.34. The van der Waals surface area contributed by atoms with Crippen molar-refractivity contribution in [3.8, 4) is 0 Å². The summed E-state index contributed by atoms with van der Waals surface area (Å²) in [6.07, 6.45) is 4.30. The first-order chi connectivity index (χ1) is 2.50. The molecule has 0 aromatic heterocycles. The molecule has 1 heterocycles. The van der Waals surface area contributed by atoms with E-state index >= 15 is 0 Å². The summed E-state index contributed by atoms with van der Waals surface area (Å²) in [5.74, 6) is 0. The molecule has 0 fully saturated rings. The fraction of sp³-hybridized carbons (Fsp3) is 0. The van der Waals surface area contributed by atoms with Crippen LogP contribution in [0.2, 0.25) is 0 Å². The van der Waals surface area contributed by atoms with Gasteiger partial charge in [-0.3, -0.25) is 0 Å². The van der Waals surface area contributed by atoms with Crippen molar-refractivity contribution in [3.05, 3.63) is 20.3 Å². The Morgan fingerprint density at radius 3 is 1.80 bits per heavy atom. The van der Waals surface area contributed by atoms with Crippen LogP contribution in [-0.4, -0.2) is 21.1 Å². The third kappa shape index (κ3) is 0.797. The van der Waals surface area contributed by atoms with Crippen LogP contribution in [0.4, 0.5) is 0 Å². The van der Waals surface area contributed by atoms with Gasteiger partial charge in [-0.2, -0.15) is 0 Å². The van der Waals surface area contributed by atoms with E-state index in [4.69, 9.17) is 0 Å². The van der Waals surface area contributed by atoms with Crippen LogP contribution >= 0.6 is 0 Å². The third-order valence-corrected chi connectivity index (χ3v) is 3.76. The summed E-state index contributed by atoms with van der Waals surface area (Å²) >= 11 is -0.308. The predicted octanol–water partition coefficient (Wildman–Crippen LogP) is 0.196. The summed E-state index contributed by atoms with van der Waals surface area (Å²) < 4.78 is 4.67. The Hall–Kier alpha value is 0.279. The second kappa shape index (κ2) is 1.65. The Balaban J connectivity index is 2.61. The van der Waals surface area contributed by atoms with Crippen LogP contribution in [0, 0.1) is 0 Å².